The Hall–Kier alpha value is -0.340. The van der Waals surface area contributed by atoms with Crippen molar-refractivity contribution in [1.29, 1.82) is 0 Å². The van der Waals surface area contributed by atoms with Crippen LogP contribution in [0.5, 0.6) is 0 Å². The predicted molar refractivity (Wildman–Crippen MR) is 65.4 cm³/mol. The van der Waals surface area contributed by atoms with Crippen molar-refractivity contribution in [3.8, 4) is 0 Å². The van der Waals surface area contributed by atoms with Crippen molar-refractivity contribution in [2.45, 2.75) is 50.7 Å². The van der Waals surface area contributed by atoms with Crippen LogP contribution in [0.15, 0.2) is 12.7 Å². The molecule has 16 heavy (non-hydrogen) atoms. The summed E-state index contributed by atoms with van der Waals surface area (Å²) in [5, 5.41) is 0. The molecule has 1 saturated carbocycles. The van der Waals surface area contributed by atoms with Gasteiger partial charge in [-0.3, -0.25) is 0 Å². The third-order valence-electron chi connectivity index (χ3n) is 4.28. The molecule has 1 heterocycles. The molecule has 2 aliphatic rings. The first-order valence-corrected chi connectivity index (χ1v) is 6.60. The van der Waals surface area contributed by atoms with Gasteiger partial charge in [0.25, 0.3) is 0 Å². The average molecular weight is 224 g/mol. The van der Waals surface area contributed by atoms with E-state index < -0.39 is 0 Å². The van der Waals surface area contributed by atoms with Gasteiger partial charge >= 0.3 is 0 Å². The molecule has 0 N–H and O–H groups in total. The van der Waals surface area contributed by atoms with E-state index in [-0.39, 0.29) is 0 Å². The van der Waals surface area contributed by atoms with E-state index in [0.29, 0.717) is 12.2 Å². The molecule has 0 amide bonds. The van der Waals surface area contributed by atoms with Gasteiger partial charge in [-0.25, -0.2) is 0 Å². The number of methoxy groups -OCH3 is 1. The molecule has 1 aliphatic carbocycles. The van der Waals surface area contributed by atoms with Gasteiger partial charge in [0.2, 0.25) is 0 Å². The quantitative estimate of drug-likeness (QED) is 0.685. The van der Waals surface area contributed by atoms with Crippen LogP contribution in [0.2, 0.25) is 0 Å². The molecule has 1 saturated heterocycles. The molecule has 92 valence electrons. The summed E-state index contributed by atoms with van der Waals surface area (Å²) in [6.45, 7) is 4.69. The molecule has 2 fully saturated rings. The highest BCUT2D eigenvalue weighted by Crippen LogP contribution is 2.35. The number of rotatable bonds is 3. The molecular weight excluding hydrogens is 200 g/mol. The second-order valence-corrected chi connectivity index (χ2v) is 5.22. The third kappa shape index (κ3) is 2.86. The van der Waals surface area contributed by atoms with E-state index >= 15 is 0 Å². The van der Waals surface area contributed by atoms with E-state index in [1.807, 2.05) is 0 Å². The Balaban J connectivity index is 1.75. The highest BCUT2D eigenvalue weighted by molar-refractivity contribution is 4.87. The summed E-state index contributed by atoms with van der Waals surface area (Å²) in [4.78, 5) is 0. The van der Waals surface area contributed by atoms with E-state index in [1.165, 1.54) is 38.5 Å². The molecule has 1 aliphatic heterocycles. The van der Waals surface area contributed by atoms with Crippen LogP contribution in [0.4, 0.5) is 0 Å². The minimum atomic E-state index is 0.334. The largest absolute Gasteiger partial charge is 0.379 e. The van der Waals surface area contributed by atoms with Crippen molar-refractivity contribution >= 4 is 0 Å². The maximum Gasteiger partial charge on any atom is 0.0805 e. The molecule has 0 aromatic rings. The van der Waals surface area contributed by atoms with Gasteiger partial charge in [0.1, 0.15) is 0 Å². The lowest BCUT2D eigenvalue weighted by atomic mass is 9.78. The summed E-state index contributed by atoms with van der Waals surface area (Å²) in [5.41, 5.74) is 0. The monoisotopic (exact) mass is 224 g/mol. The van der Waals surface area contributed by atoms with E-state index in [0.717, 1.165) is 18.4 Å². The zero-order valence-electron chi connectivity index (χ0n) is 10.4. The first-order chi connectivity index (χ1) is 7.83. The van der Waals surface area contributed by atoms with Crippen molar-refractivity contribution in [1.82, 2.24) is 0 Å². The van der Waals surface area contributed by atoms with Gasteiger partial charge in [-0.1, -0.05) is 6.08 Å². The second kappa shape index (κ2) is 5.83. The van der Waals surface area contributed by atoms with Crippen LogP contribution in [0.3, 0.4) is 0 Å². The Morgan fingerprint density at radius 3 is 2.38 bits per heavy atom. The molecule has 0 radical (unpaired) electrons. The van der Waals surface area contributed by atoms with Crippen LogP contribution < -0.4 is 0 Å². The average Bonchev–Trinajstić information content (AvgIpc) is 2.39. The molecule has 0 aromatic carbocycles. The maximum absolute atomic E-state index is 5.94. The fraction of sp³-hybridized carbons (Fsp3) is 0.857. The van der Waals surface area contributed by atoms with E-state index in [4.69, 9.17) is 9.47 Å². The predicted octanol–water partition coefficient (Wildman–Crippen LogP) is 3.17. The lowest BCUT2D eigenvalue weighted by Gasteiger charge is -2.36. The van der Waals surface area contributed by atoms with E-state index in [1.54, 1.807) is 7.11 Å². The zero-order valence-corrected chi connectivity index (χ0v) is 10.4. The lowest BCUT2D eigenvalue weighted by molar-refractivity contribution is -0.0964. The summed E-state index contributed by atoms with van der Waals surface area (Å²) >= 11 is 0. The standard InChI is InChI=1S/C14H24O2/c1-3-11-4-6-12(7-5-11)14-9-8-13(15-2)10-16-14/h3,11-14H,1,4-10H2,2H3. The van der Waals surface area contributed by atoms with Crippen molar-refractivity contribution in [2.24, 2.45) is 11.8 Å². The molecular formula is C14H24O2. The van der Waals surface area contributed by atoms with Crippen LogP contribution in [0.1, 0.15) is 38.5 Å². The van der Waals surface area contributed by atoms with Gasteiger partial charge < -0.3 is 9.47 Å². The van der Waals surface area contributed by atoms with Gasteiger partial charge in [-0.2, -0.15) is 0 Å². The molecule has 0 spiro atoms. The molecule has 2 nitrogen and oxygen atoms in total. The SMILES string of the molecule is C=CC1CCC(C2CCC(OC)CO2)CC1. The maximum atomic E-state index is 5.94. The van der Waals surface area contributed by atoms with Gasteiger partial charge in [0.15, 0.2) is 0 Å². The highest BCUT2D eigenvalue weighted by Gasteiger charge is 2.30. The van der Waals surface area contributed by atoms with Crippen LogP contribution in [0.25, 0.3) is 0 Å². The number of ether oxygens (including phenoxy) is 2. The highest BCUT2D eigenvalue weighted by atomic mass is 16.5. The van der Waals surface area contributed by atoms with Gasteiger partial charge in [0, 0.05) is 7.11 Å². The summed E-state index contributed by atoms with van der Waals surface area (Å²) in [7, 11) is 1.78. The van der Waals surface area contributed by atoms with Crippen LogP contribution in [-0.2, 0) is 9.47 Å². The van der Waals surface area contributed by atoms with Crippen molar-refractivity contribution in [2.75, 3.05) is 13.7 Å². The first-order valence-electron chi connectivity index (χ1n) is 6.60. The Kier molecular flexibility index (Phi) is 4.42. The molecule has 2 heteroatoms. The minimum absolute atomic E-state index is 0.334. The molecule has 0 aromatic heterocycles. The fourth-order valence-corrected chi connectivity index (χ4v) is 3.06. The van der Waals surface area contributed by atoms with Gasteiger partial charge in [-0.15, -0.1) is 6.58 Å². The zero-order chi connectivity index (χ0) is 11.4. The normalized spacial score (nSPS) is 40.6. The summed E-state index contributed by atoms with van der Waals surface area (Å²) in [6, 6.07) is 0. The Bertz CT molecular complexity index is 211. The van der Waals surface area contributed by atoms with Crippen LogP contribution >= 0.6 is 0 Å². The Labute approximate surface area is 99.0 Å². The first kappa shape index (κ1) is 12.1. The smallest absolute Gasteiger partial charge is 0.0805 e. The van der Waals surface area contributed by atoms with Crippen molar-refractivity contribution < 1.29 is 9.47 Å². The summed E-state index contributed by atoms with van der Waals surface area (Å²) < 4.78 is 11.3. The number of hydrogen-bond donors (Lipinski definition) is 0. The Morgan fingerprint density at radius 2 is 1.88 bits per heavy atom. The summed E-state index contributed by atoms with van der Waals surface area (Å²) in [6.07, 6.45) is 10.6. The van der Waals surface area contributed by atoms with Crippen LogP contribution in [0, 0.1) is 11.8 Å². The fourth-order valence-electron chi connectivity index (χ4n) is 3.06. The number of allylic oxidation sites excluding steroid dienone is 1. The Morgan fingerprint density at radius 1 is 1.12 bits per heavy atom. The molecule has 0 bridgehead atoms. The van der Waals surface area contributed by atoms with Crippen molar-refractivity contribution in [3.63, 3.8) is 0 Å². The van der Waals surface area contributed by atoms with E-state index in [2.05, 4.69) is 12.7 Å². The molecule has 2 rings (SSSR count). The second-order valence-electron chi connectivity index (χ2n) is 5.22. The lowest BCUT2D eigenvalue weighted by Crippen LogP contribution is -2.36. The molecule has 2 unspecified atom stereocenters. The van der Waals surface area contributed by atoms with Gasteiger partial charge in [0.05, 0.1) is 18.8 Å². The minimum Gasteiger partial charge on any atom is -0.379 e. The van der Waals surface area contributed by atoms with Gasteiger partial charge in [-0.05, 0) is 50.4 Å². The third-order valence-corrected chi connectivity index (χ3v) is 4.28. The topological polar surface area (TPSA) is 18.5 Å². The summed E-state index contributed by atoms with van der Waals surface area (Å²) in [5.74, 6) is 1.54. The number of hydrogen-bond acceptors (Lipinski definition) is 2. The van der Waals surface area contributed by atoms with E-state index in [9.17, 15) is 0 Å². The van der Waals surface area contributed by atoms with Crippen molar-refractivity contribution in [3.05, 3.63) is 12.7 Å². The molecule has 2 atom stereocenters. The van der Waals surface area contributed by atoms with Crippen LogP contribution in [-0.4, -0.2) is 25.9 Å².